The molecule has 1 atom stereocenters. The Balaban J connectivity index is 1.79. The van der Waals surface area contributed by atoms with Crippen LogP contribution in [0.2, 0.25) is 0 Å². The number of hydrogen-bond donors (Lipinski definition) is 2. The maximum atomic E-state index is 12.6. The predicted molar refractivity (Wildman–Crippen MR) is 83.9 cm³/mol. The highest BCUT2D eigenvalue weighted by Gasteiger charge is 2.40. The summed E-state index contributed by atoms with van der Waals surface area (Å²) in [5, 5.41) is 3.84. The molecule has 5 nitrogen and oxygen atoms in total. The molecular formula is C17H17N3O2. The molecule has 3 heterocycles. The molecule has 0 aliphatic carbocycles. The van der Waals surface area contributed by atoms with Crippen molar-refractivity contribution in [2.75, 3.05) is 6.54 Å². The zero-order chi connectivity index (χ0) is 15.3. The van der Waals surface area contributed by atoms with E-state index < -0.39 is 0 Å². The minimum Gasteiger partial charge on any atom is -0.358 e. The number of carbonyl (C=O) groups excluding carboxylic acids is 2. The van der Waals surface area contributed by atoms with E-state index in [-0.39, 0.29) is 17.9 Å². The normalized spacial score (nSPS) is 23.2. The largest absolute Gasteiger partial charge is 0.358 e. The van der Waals surface area contributed by atoms with E-state index >= 15 is 0 Å². The maximum Gasteiger partial charge on any atom is 0.271 e. The van der Waals surface area contributed by atoms with Crippen LogP contribution in [0.4, 0.5) is 0 Å². The predicted octanol–water partition coefficient (Wildman–Crippen LogP) is 1.94. The first-order valence-electron chi connectivity index (χ1n) is 7.56. The molecule has 4 rings (SSSR count). The number of rotatable bonds is 1. The van der Waals surface area contributed by atoms with E-state index in [1.165, 1.54) is 0 Å². The molecule has 2 aromatic rings. The van der Waals surface area contributed by atoms with Crippen molar-refractivity contribution >= 4 is 28.8 Å². The van der Waals surface area contributed by atoms with Gasteiger partial charge in [-0.3, -0.25) is 9.59 Å². The number of nitrogens with one attached hydrogen (secondary N) is 2. The highest BCUT2D eigenvalue weighted by atomic mass is 16.2. The van der Waals surface area contributed by atoms with Gasteiger partial charge in [0.05, 0.1) is 0 Å². The van der Waals surface area contributed by atoms with Crippen LogP contribution in [0, 0.1) is 6.92 Å². The Kier molecular flexibility index (Phi) is 2.82. The van der Waals surface area contributed by atoms with Crippen LogP contribution < -0.4 is 5.32 Å². The van der Waals surface area contributed by atoms with Gasteiger partial charge in [0.1, 0.15) is 11.7 Å². The van der Waals surface area contributed by atoms with Gasteiger partial charge in [-0.05, 0) is 31.9 Å². The van der Waals surface area contributed by atoms with Gasteiger partial charge in [0, 0.05) is 28.7 Å². The van der Waals surface area contributed by atoms with Gasteiger partial charge >= 0.3 is 0 Å². The van der Waals surface area contributed by atoms with Gasteiger partial charge in [-0.25, -0.2) is 0 Å². The van der Waals surface area contributed by atoms with E-state index in [0.29, 0.717) is 12.2 Å². The lowest BCUT2D eigenvalue weighted by atomic mass is 10.1. The zero-order valence-corrected chi connectivity index (χ0v) is 12.3. The topological polar surface area (TPSA) is 65.2 Å². The Morgan fingerprint density at radius 1 is 1.27 bits per heavy atom. The molecule has 0 unspecified atom stereocenters. The summed E-state index contributed by atoms with van der Waals surface area (Å²) in [5.41, 5.74) is 3.34. The smallest absolute Gasteiger partial charge is 0.271 e. The fourth-order valence-corrected chi connectivity index (χ4v) is 3.43. The van der Waals surface area contributed by atoms with E-state index in [9.17, 15) is 9.59 Å². The van der Waals surface area contributed by atoms with Crippen LogP contribution in [0.5, 0.6) is 0 Å². The van der Waals surface area contributed by atoms with Crippen LogP contribution in [0.3, 0.4) is 0 Å². The van der Waals surface area contributed by atoms with Crippen LogP contribution in [0.1, 0.15) is 24.1 Å². The van der Waals surface area contributed by atoms with Crippen LogP contribution in [-0.2, 0) is 9.59 Å². The molecule has 2 aliphatic rings. The summed E-state index contributed by atoms with van der Waals surface area (Å²) in [4.78, 5) is 29.7. The van der Waals surface area contributed by atoms with E-state index in [4.69, 9.17) is 0 Å². The summed E-state index contributed by atoms with van der Waals surface area (Å²) in [6, 6.07) is 7.67. The molecule has 2 amide bonds. The lowest BCUT2D eigenvalue weighted by Gasteiger charge is -2.30. The Labute approximate surface area is 128 Å². The molecule has 2 aliphatic heterocycles. The summed E-state index contributed by atoms with van der Waals surface area (Å²) >= 11 is 0. The number of nitrogens with zero attached hydrogens (tertiary/aromatic N) is 1. The van der Waals surface area contributed by atoms with Crippen molar-refractivity contribution in [3.63, 3.8) is 0 Å². The van der Waals surface area contributed by atoms with Crippen molar-refractivity contribution in [1.82, 2.24) is 15.2 Å². The molecule has 112 valence electrons. The van der Waals surface area contributed by atoms with Crippen LogP contribution in [-0.4, -0.2) is 34.3 Å². The summed E-state index contributed by atoms with van der Waals surface area (Å²) in [5.74, 6) is -0.146. The van der Waals surface area contributed by atoms with Crippen molar-refractivity contribution in [1.29, 1.82) is 0 Å². The zero-order valence-electron chi connectivity index (χ0n) is 12.3. The number of aryl methyl sites for hydroxylation is 1. The minimum absolute atomic E-state index is 0.0687. The van der Waals surface area contributed by atoms with Crippen molar-refractivity contribution < 1.29 is 9.59 Å². The maximum absolute atomic E-state index is 12.6. The number of aromatic nitrogens is 1. The molecule has 5 heteroatoms. The van der Waals surface area contributed by atoms with Crippen LogP contribution >= 0.6 is 0 Å². The standard InChI is InChI=1S/C17H17N3O2/c1-10-12(11-5-2-3-6-13(11)18-10)9-14-17(22)20-8-4-7-15(20)16(21)19-14/h2-3,5-6,9,15,18H,4,7-8H2,1H3,(H,19,21)/b14-9-/t15-/m1/s1. The number of H-pyrrole nitrogens is 1. The second kappa shape index (κ2) is 4.73. The Bertz CT molecular complexity index is 818. The number of piperazine rings is 1. The summed E-state index contributed by atoms with van der Waals surface area (Å²) in [6.07, 6.45) is 3.45. The molecule has 0 bridgehead atoms. The summed E-state index contributed by atoms with van der Waals surface area (Å²) < 4.78 is 0. The van der Waals surface area contributed by atoms with E-state index in [0.717, 1.165) is 35.0 Å². The fraction of sp³-hybridized carbons (Fsp3) is 0.294. The van der Waals surface area contributed by atoms with Gasteiger partial charge in [0.2, 0.25) is 5.91 Å². The van der Waals surface area contributed by atoms with Gasteiger partial charge < -0.3 is 15.2 Å². The number of benzene rings is 1. The summed E-state index contributed by atoms with van der Waals surface area (Å²) in [7, 11) is 0. The molecule has 2 saturated heterocycles. The van der Waals surface area contributed by atoms with Gasteiger partial charge in [-0.1, -0.05) is 18.2 Å². The van der Waals surface area contributed by atoms with Crippen molar-refractivity contribution in [3.8, 4) is 0 Å². The van der Waals surface area contributed by atoms with Gasteiger partial charge in [-0.2, -0.15) is 0 Å². The second-order valence-corrected chi connectivity index (χ2v) is 5.91. The number of para-hydroxylation sites is 1. The van der Waals surface area contributed by atoms with Crippen LogP contribution in [0.25, 0.3) is 17.0 Å². The minimum atomic E-state index is -0.284. The third-order valence-electron chi connectivity index (χ3n) is 4.54. The highest BCUT2D eigenvalue weighted by molar-refractivity contribution is 6.08. The number of amides is 2. The number of fused-ring (bicyclic) bond motifs is 2. The van der Waals surface area contributed by atoms with Crippen LogP contribution in [0.15, 0.2) is 30.0 Å². The number of carbonyl (C=O) groups is 2. The van der Waals surface area contributed by atoms with E-state index in [1.807, 2.05) is 31.2 Å². The lowest BCUT2D eigenvalue weighted by Crippen LogP contribution is -2.53. The molecule has 0 saturated carbocycles. The average molecular weight is 295 g/mol. The molecule has 0 spiro atoms. The van der Waals surface area contributed by atoms with E-state index in [2.05, 4.69) is 10.3 Å². The Hall–Kier alpha value is -2.56. The number of hydrogen-bond acceptors (Lipinski definition) is 2. The first-order valence-corrected chi connectivity index (χ1v) is 7.56. The average Bonchev–Trinajstić information content (AvgIpc) is 3.10. The lowest BCUT2D eigenvalue weighted by molar-refractivity contribution is -0.140. The highest BCUT2D eigenvalue weighted by Crippen LogP contribution is 2.27. The third kappa shape index (κ3) is 1.85. The third-order valence-corrected chi connectivity index (χ3v) is 4.54. The van der Waals surface area contributed by atoms with Crippen molar-refractivity contribution in [2.45, 2.75) is 25.8 Å². The molecule has 22 heavy (non-hydrogen) atoms. The molecule has 2 N–H and O–H groups in total. The molecule has 0 radical (unpaired) electrons. The molecule has 2 fully saturated rings. The van der Waals surface area contributed by atoms with Gasteiger partial charge in [0.15, 0.2) is 0 Å². The Morgan fingerprint density at radius 3 is 2.95 bits per heavy atom. The number of aromatic amines is 1. The van der Waals surface area contributed by atoms with Gasteiger partial charge in [-0.15, -0.1) is 0 Å². The monoisotopic (exact) mass is 295 g/mol. The summed E-state index contributed by atoms with van der Waals surface area (Å²) in [6.45, 7) is 2.64. The van der Waals surface area contributed by atoms with Crippen molar-refractivity contribution in [2.24, 2.45) is 0 Å². The molecule has 1 aromatic carbocycles. The van der Waals surface area contributed by atoms with Crippen molar-refractivity contribution in [3.05, 3.63) is 41.2 Å². The molecule has 1 aromatic heterocycles. The fourth-order valence-electron chi connectivity index (χ4n) is 3.43. The van der Waals surface area contributed by atoms with Gasteiger partial charge in [0.25, 0.3) is 5.91 Å². The first kappa shape index (κ1) is 13.1. The quantitative estimate of drug-likeness (QED) is 0.790. The first-order chi connectivity index (χ1) is 10.6. The SMILES string of the molecule is Cc1[nH]c2ccccc2c1/C=C1\NC(=O)[C@H]2CCCN2C1=O. The van der Waals surface area contributed by atoms with E-state index in [1.54, 1.807) is 11.0 Å². The molecular weight excluding hydrogens is 278 g/mol. The Morgan fingerprint density at radius 2 is 2.09 bits per heavy atom. The second-order valence-electron chi connectivity index (χ2n) is 5.91.